The number of hydrogen-bond donors (Lipinski definition) is 1. The number of nitrogens with zero attached hydrogens (tertiary/aromatic N) is 2. The van der Waals surface area contributed by atoms with Crippen molar-refractivity contribution in [3.05, 3.63) is 120 Å². The predicted octanol–water partition coefficient (Wildman–Crippen LogP) is 4.64. The van der Waals surface area contributed by atoms with Crippen molar-refractivity contribution in [1.29, 1.82) is 0 Å². The molecule has 212 valence electrons. The number of benzene rings is 4. The van der Waals surface area contributed by atoms with Crippen molar-refractivity contribution in [2.75, 3.05) is 31.0 Å². The van der Waals surface area contributed by atoms with Gasteiger partial charge >= 0.3 is 0 Å². The number of ether oxygens (including phenoxy) is 2. The summed E-state index contributed by atoms with van der Waals surface area (Å²) in [4.78, 5) is 56.4. The predicted molar refractivity (Wildman–Crippen MR) is 157 cm³/mol. The molecule has 0 radical (unpaired) electrons. The summed E-state index contributed by atoms with van der Waals surface area (Å²) >= 11 is 0. The lowest BCUT2D eigenvalue weighted by Gasteiger charge is -2.33. The zero-order valence-electron chi connectivity index (χ0n) is 23.2. The van der Waals surface area contributed by atoms with E-state index in [0.29, 0.717) is 28.4 Å². The molecule has 0 spiro atoms. The Morgan fingerprint density at radius 1 is 0.810 bits per heavy atom. The van der Waals surface area contributed by atoms with Gasteiger partial charge in [-0.2, -0.15) is 0 Å². The number of nitrogens with one attached hydrogen (secondary N) is 1. The smallest absolute Gasteiger partial charge is 0.299 e. The van der Waals surface area contributed by atoms with Gasteiger partial charge in [0, 0.05) is 12.2 Å². The minimum Gasteiger partial charge on any atom is -0.497 e. The third kappa shape index (κ3) is 5.85. The van der Waals surface area contributed by atoms with Gasteiger partial charge in [0.15, 0.2) is 0 Å². The van der Waals surface area contributed by atoms with E-state index in [1.54, 1.807) is 79.9 Å². The van der Waals surface area contributed by atoms with Gasteiger partial charge in [0.05, 0.1) is 25.5 Å². The fourth-order valence-corrected chi connectivity index (χ4v) is 4.90. The molecule has 0 saturated heterocycles. The molecule has 1 aliphatic heterocycles. The summed E-state index contributed by atoms with van der Waals surface area (Å²) in [6, 6.07) is 28.5. The van der Waals surface area contributed by atoms with Crippen LogP contribution in [0.25, 0.3) is 0 Å². The molecule has 42 heavy (non-hydrogen) atoms. The van der Waals surface area contributed by atoms with Gasteiger partial charge < -0.3 is 19.7 Å². The Morgan fingerprint density at radius 3 is 2.21 bits per heavy atom. The highest BCUT2D eigenvalue weighted by Crippen LogP contribution is 2.31. The largest absolute Gasteiger partial charge is 0.497 e. The number of rotatable bonds is 10. The lowest BCUT2D eigenvalue weighted by molar-refractivity contribution is -0.139. The summed E-state index contributed by atoms with van der Waals surface area (Å²) in [6.45, 7) is -0.361. The molecule has 1 N–H and O–H groups in total. The number of amides is 3. The number of carbonyl (C=O) groups is 4. The van der Waals surface area contributed by atoms with Crippen LogP contribution in [0.3, 0.4) is 0 Å². The van der Waals surface area contributed by atoms with Gasteiger partial charge in [-0.1, -0.05) is 54.6 Å². The third-order valence-corrected chi connectivity index (χ3v) is 7.02. The van der Waals surface area contributed by atoms with Gasteiger partial charge in [-0.15, -0.1) is 0 Å². The number of ketones is 1. The summed E-state index contributed by atoms with van der Waals surface area (Å²) in [6.07, 6.45) is 0. The van der Waals surface area contributed by atoms with Crippen molar-refractivity contribution < 1.29 is 28.7 Å². The number of hydrogen-bond acceptors (Lipinski definition) is 6. The number of anilines is 2. The van der Waals surface area contributed by atoms with Gasteiger partial charge in [0.1, 0.15) is 24.1 Å². The van der Waals surface area contributed by atoms with E-state index < -0.39 is 36.1 Å². The normalized spacial score (nSPS) is 12.9. The Labute approximate surface area is 243 Å². The van der Waals surface area contributed by atoms with E-state index in [4.69, 9.17) is 9.47 Å². The zero-order valence-corrected chi connectivity index (χ0v) is 23.2. The van der Waals surface area contributed by atoms with Crippen LogP contribution >= 0.6 is 0 Å². The Bertz CT molecular complexity index is 1620. The third-order valence-electron chi connectivity index (χ3n) is 7.02. The molecule has 1 unspecified atom stereocenters. The average molecular weight is 564 g/mol. The quantitative estimate of drug-likeness (QED) is 0.282. The molecule has 0 fully saturated rings. The van der Waals surface area contributed by atoms with Gasteiger partial charge in [0.2, 0.25) is 5.91 Å². The molecule has 1 aliphatic rings. The molecule has 0 aliphatic carbocycles. The molecule has 0 aromatic heterocycles. The van der Waals surface area contributed by atoms with Crippen molar-refractivity contribution in [2.24, 2.45) is 0 Å². The Morgan fingerprint density at radius 2 is 1.50 bits per heavy atom. The first-order valence-electron chi connectivity index (χ1n) is 13.3. The SMILES string of the molecule is COc1ccc(NC(=O)C(c2cccc(OC)c2)N(Cc2ccccc2)C(=O)CN2C(=O)C(=O)c3ccccc32)cc1. The molecule has 3 amide bonds. The number of methoxy groups -OCH3 is 2. The molecular formula is C33H29N3O6. The highest BCUT2D eigenvalue weighted by atomic mass is 16.5. The highest BCUT2D eigenvalue weighted by molar-refractivity contribution is 6.52. The van der Waals surface area contributed by atoms with E-state index in [9.17, 15) is 19.2 Å². The van der Waals surface area contributed by atoms with Crippen LogP contribution < -0.4 is 19.7 Å². The Balaban J connectivity index is 1.55. The lowest BCUT2D eigenvalue weighted by atomic mass is 10.0. The molecule has 4 aromatic carbocycles. The molecular weight excluding hydrogens is 534 g/mol. The maximum absolute atomic E-state index is 14.2. The summed E-state index contributed by atoms with van der Waals surface area (Å²) in [5.74, 6) is -1.31. The Hall–Kier alpha value is -5.44. The average Bonchev–Trinajstić information content (AvgIpc) is 3.26. The maximum Gasteiger partial charge on any atom is 0.299 e. The first-order valence-corrected chi connectivity index (χ1v) is 13.3. The first kappa shape index (κ1) is 28.1. The second-order valence-corrected chi connectivity index (χ2v) is 9.64. The fraction of sp³-hybridized carbons (Fsp3) is 0.152. The van der Waals surface area contributed by atoms with E-state index in [1.165, 1.54) is 16.9 Å². The second kappa shape index (κ2) is 12.4. The van der Waals surface area contributed by atoms with Crippen molar-refractivity contribution in [3.8, 4) is 11.5 Å². The first-order chi connectivity index (χ1) is 20.4. The Kier molecular flexibility index (Phi) is 8.29. The fourth-order valence-electron chi connectivity index (χ4n) is 4.90. The summed E-state index contributed by atoms with van der Waals surface area (Å²) in [5.41, 5.74) is 2.40. The van der Waals surface area contributed by atoms with E-state index in [-0.39, 0.29) is 12.1 Å². The highest BCUT2D eigenvalue weighted by Gasteiger charge is 2.39. The van der Waals surface area contributed by atoms with Gasteiger partial charge in [0.25, 0.3) is 17.6 Å². The van der Waals surface area contributed by atoms with Crippen LogP contribution in [0.15, 0.2) is 103 Å². The number of para-hydroxylation sites is 1. The molecule has 0 bridgehead atoms. The van der Waals surface area contributed by atoms with Crippen molar-refractivity contribution in [2.45, 2.75) is 12.6 Å². The molecule has 5 rings (SSSR count). The van der Waals surface area contributed by atoms with Crippen molar-refractivity contribution >= 4 is 34.9 Å². The van der Waals surface area contributed by atoms with Gasteiger partial charge in [-0.05, 0) is 59.7 Å². The molecule has 0 saturated carbocycles. The van der Waals surface area contributed by atoms with E-state index in [0.717, 1.165) is 5.56 Å². The van der Waals surface area contributed by atoms with Crippen molar-refractivity contribution in [3.63, 3.8) is 0 Å². The molecule has 1 atom stereocenters. The van der Waals surface area contributed by atoms with Crippen LogP contribution in [-0.4, -0.2) is 49.2 Å². The zero-order chi connectivity index (χ0) is 29.6. The van der Waals surface area contributed by atoms with Gasteiger partial charge in [-0.25, -0.2) is 0 Å². The van der Waals surface area contributed by atoms with Crippen LogP contribution in [-0.2, 0) is 20.9 Å². The number of carbonyl (C=O) groups excluding carboxylic acids is 4. The minimum atomic E-state index is -1.11. The van der Waals surface area contributed by atoms with Crippen LogP contribution in [0.1, 0.15) is 27.5 Å². The van der Waals surface area contributed by atoms with Crippen LogP contribution in [0, 0.1) is 0 Å². The minimum absolute atomic E-state index is 0.0647. The van der Waals surface area contributed by atoms with Crippen LogP contribution in [0.5, 0.6) is 11.5 Å². The monoisotopic (exact) mass is 563 g/mol. The summed E-state index contributed by atoms with van der Waals surface area (Å²) in [7, 11) is 3.07. The van der Waals surface area contributed by atoms with E-state index >= 15 is 0 Å². The maximum atomic E-state index is 14.2. The molecule has 9 heteroatoms. The van der Waals surface area contributed by atoms with Gasteiger partial charge in [-0.3, -0.25) is 24.1 Å². The van der Waals surface area contributed by atoms with E-state index in [1.807, 2.05) is 30.3 Å². The number of Topliss-reactive ketones (excluding diaryl/α,β-unsaturated/α-hetero) is 1. The molecule has 9 nitrogen and oxygen atoms in total. The summed E-state index contributed by atoms with van der Waals surface area (Å²) in [5, 5.41) is 2.91. The number of fused-ring (bicyclic) bond motifs is 1. The van der Waals surface area contributed by atoms with Crippen LogP contribution in [0.2, 0.25) is 0 Å². The topological polar surface area (TPSA) is 105 Å². The van der Waals surface area contributed by atoms with Crippen LogP contribution in [0.4, 0.5) is 11.4 Å². The van der Waals surface area contributed by atoms with Crippen molar-refractivity contribution in [1.82, 2.24) is 4.90 Å². The standard InChI is InChI=1S/C33H29N3O6/c1-41-25-17-15-24(16-18-25)34-32(39)30(23-11-8-12-26(19-23)42-2)36(20-22-9-4-3-5-10-22)29(37)21-35-28-14-7-6-13-27(28)31(38)33(35)40/h3-19,30H,20-21H2,1-2H3,(H,34,39). The van der Waals surface area contributed by atoms with E-state index in [2.05, 4.69) is 5.32 Å². The molecule has 1 heterocycles. The summed E-state index contributed by atoms with van der Waals surface area (Å²) < 4.78 is 10.6. The second-order valence-electron chi connectivity index (χ2n) is 9.64. The lowest BCUT2D eigenvalue weighted by Crippen LogP contribution is -2.46. The molecule has 4 aromatic rings.